The smallest absolute Gasteiger partial charge is 0.219 e. The number of guanidine groups is 1. The Kier molecular flexibility index (Phi) is 8.16. The number of ether oxygens (including phenoxy) is 1. The number of hydrogen-bond acceptors (Lipinski definition) is 4. The molecule has 3 rings (SSSR count). The van der Waals surface area contributed by atoms with E-state index in [4.69, 9.17) is 9.73 Å². The van der Waals surface area contributed by atoms with Gasteiger partial charge in [0.25, 0.3) is 0 Å². The maximum atomic E-state index is 11.4. The van der Waals surface area contributed by atoms with Gasteiger partial charge in [0.1, 0.15) is 11.9 Å². The number of carbonyl (C=O) groups excluding carboxylic acids is 1. The standard InChI is InChI=1S/C22H35N5O2/c1-3-23-22(24-11-14-25-15-17-26(18-16-25)19(2)28)27-12-9-21(10-13-27)29-20-7-5-4-6-8-20/h4-8,21H,3,9-18H2,1-2H3,(H,23,24). The van der Waals surface area contributed by atoms with Crippen LogP contribution in [0.3, 0.4) is 0 Å². The van der Waals surface area contributed by atoms with Gasteiger partial charge >= 0.3 is 0 Å². The first-order valence-corrected chi connectivity index (χ1v) is 10.9. The average molecular weight is 402 g/mol. The Morgan fingerprint density at radius 3 is 2.38 bits per heavy atom. The number of rotatable bonds is 6. The van der Waals surface area contributed by atoms with Gasteiger partial charge in [-0.25, -0.2) is 0 Å². The molecule has 0 unspecified atom stereocenters. The first kappa shape index (κ1) is 21.4. The molecular weight excluding hydrogens is 366 g/mol. The third kappa shape index (κ3) is 6.63. The van der Waals surface area contributed by atoms with Crippen LogP contribution in [-0.2, 0) is 4.79 Å². The molecule has 2 heterocycles. The fourth-order valence-electron chi connectivity index (χ4n) is 3.89. The summed E-state index contributed by atoms with van der Waals surface area (Å²) in [7, 11) is 0. The van der Waals surface area contributed by atoms with Gasteiger partial charge in [-0.15, -0.1) is 0 Å². The third-order valence-corrected chi connectivity index (χ3v) is 5.62. The summed E-state index contributed by atoms with van der Waals surface area (Å²) in [6.07, 6.45) is 2.28. The monoisotopic (exact) mass is 401 g/mol. The second-order valence-corrected chi connectivity index (χ2v) is 7.70. The van der Waals surface area contributed by atoms with Crippen LogP contribution in [0.2, 0.25) is 0 Å². The molecule has 2 fully saturated rings. The van der Waals surface area contributed by atoms with Crippen molar-refractivity contribution in [2.45, 2.75) is 32.8 Å². The molecule has 0 saturated carbocycles. The van der Waals surface area contributed by atoms with Gasteiger partial charge in [0.15, 0.2) is 5.96 Å². The first-order valence-electron chi connectivity index (χ1n) is 10.9. The predicted octanol–water partition coefficient (Wildman–Crippen LogP) is 1.66. The van der Waals surface area contributed by atoms with Crippen LogP contribution in [0.5, 0.6) is 5.75 Å². The van der Waals surface area contributed by atoms with E-state index in [0.717, 1.165) is 83.5 Å². The Morgan fingerprint density at radius 1 is 1.07 bits per heavy atom. The zero-order chi connectivity index (χ0) is 20.5. The molecule has 1 aromatic carbocycles. The van der Waals surface area contributed by atoms with Crippen molar-refractivity contribution in [3.8, 4) is 5.75 Å². The average Bonchev–Trinajstić information content (AvgIpc) is 2.75. The van der Waals surface area contributed by atoms with Crippen molar-refractivity contribution in [1.29, 1.82) is 0 Å². The van der Waals surface area contributed by atoms with E-state index in [9.17, 15) is 4.79 Å². The lowest BCUT2D eigenvalue weighted by Crippen LogP contribution is -2.49. The van der Waals surface area contributed by atoms with Crippen LogP contribution in [0.15, 0.2) is 35.3 Å². The Morgan fingerprint density at radius 2 is 1.76 bits per heavy atom. The molecule has 1 aromatic rings. The Bertz CT molecular complexity index is 650. The number of para-hydroxylation sites is 1. The summed E-state index contributed by atoms with van der Waals surface area (Å²) < 4.78 is 6.11. The van der Waals surface area contributed by atoms with Crippen LogP contribution < -0.4 is 10.1 Å². The topological polar surface area (TPSA) is 60.4 Å². The highest BCUT2D eigenvalue weighted by Crippen LogP contribution is 2.18. The molecule has 7 heteroatoms. The van der Waals surface area contributed by atoms with Crippen molar-refractivity contribution >= 4 is 11.9 Å². The number of piperazine rings is 1. The number of nitrogens with zero attached hydrogens (tertiary/aromatic N) is 4. The molecule has 0 spiro atoms. The van der Waals surface area contributed by atoms with E-state index >= 15 is 0 Å². The normalized spacial score (nSPS) is 19.3. The number of nitrogens with one attached hydrogen (secondary N) is 1. The number of piperidine rings is 1. The predicted molar refractivity (Wildman–Crippen MR) is 116 cm³/mol. The minimum Gasteiger partial charge on any atom is -0.490 e. The van der Waals surface area contributed by atoms with E-state index in [0.29, 0.717) is 0 Å². The number of likely N-dealkylation sites (tertiary alicyclic amines) is 1. The maximum Gasteiger partial charge on any atom is 0.219 e. The van der Waals surface area contributed by atoms with Crippen LogP contribution in [-0.4, -0.2) is 91.6 Å². The van der Waals surface area contributed by atoms with Crippen molar-refractivity contribution in [1.82, 2.24) is 20.0 Å². The minimum atomic E-state index is 0.178. The molecule has 0 aliphatic carbocycles. The van der Waals surface area contributed by atoms with Crippen LogP contribution in [0, 0.1) is 0 Å². The summed E-state index contributed by atoms with van der Waals surface area (Å²) in [6.45, 7) is 11.8. The minimum absolute atomic E-state index is 0.178. The molecule has 2 saturated heterocycles. The molecular formula is C22H35N5O2. The lowest BCUT2D eigenvalue weighted by molar-refractivity contribution is -0.130. The third-order valence-electron chi connectivity index (χ3n) is 5.62. The molecule has 0 atom stereocenters. The summed E-state index contributed by atoms with van der Waals surface area (Å²) >= 11 is 0. The van der Waals surface area contributed by atoms with Crippen molar-refractivity contribution < 1.29 is 9.53 Å². The first-order chi connectivity index (χ1) is 14.2. The van der Waals surface area contributed by atoms with E-state index in [-0.39, 0.29) is 12.0 Å². The van der Waals surface area contributed by atoms with E-state index in [1.165, 1.54) is 0 Å². The Balaban J connectivity index is 1.43. The van der Waals surface area contributed by atoms with E-state index in [2.05, 4.69) is 22.0 Å². The van der Waals surface area contributed by atoms with Gasteiger partial charge in [-0.1, -0.05) is 18.2 Å². The molecule has 2 aliphatic heterocycles. The van der Waals surface area contributed by atoms with Gasteiger partial charge in [-0.2, -0.15) is 0 Å². The van der Waals surface area contributed by atoms with Gasteiger partial charge in [0.2, 0.25) is 5.91 Å². The Labute approximate surface area is 174 Å². The summed E-state index contributed by atoms with van der Waals surface area (Å²) in [6, 6.07) is 10.1. The van der Waals surface area contributed by atoms with Crippen LogP contribution in [0.1, 0.15) is 26.7 Å². The zero-order valence-electron chi connectivity index (χ0n) is 17.8. The van der Waals surface area contributed by atoms with E-state index in [1.807, 2.05) is 35.2 Å². The van der Waals surface area contributed by atoms with E-state index < -0.39 is 0 Å². The van der Waals surface area contributed by atoms with Gasteiger partial charge in [0, 0.05) is 72.1 Å². The Hall–Kier alpha value is -2.28. The van der Waals surface area contributed by atoms with Crippen LogP contribution >= 0.6 is 0 Å². The molecule has 7 nitrogen and oxygen atoms in total. The summed E-state index contributed by atoms with van der Waals surface area (Å²) in [5.74, 6) is 2.14. The fraction of sp³-hybridized carbons (Fsp3) is 0.636. The van der Waals surface area contributed by atoms with E-state index in [1.54, 1.807) is 6.92 Å². The number of benzene rings is 1. The summed E-state index contributed by atoms with van der Waals surface area (Å²) in [5, 5.41) is 3.44. The van der Waals surface area contributed by atoms with Crippen LogP contribution in [0.25, 0.3) is 0 Å². The highest BCUT2D eigenvalue weighted by atomic mass is 16.5. The van der Waals surface area contributed by atoms with Crippen molar-refractivity contribution in [3.63, 3.8) is 0 Å². The second kappa shape index (κ2) is 11.0. The zero-order valence-corrected chi connectivity index (χ0v) is 17.8. The summed E-state index contributed by atoms with van der Waals surface area (Å²) in [5.41, 5.74) is 0. The highest BCUT2D eigenvalue weighted by Gasteiger charge is 2.23. The van der Waals surface area contributed by atoms with Gasteiger partial charge in [-0.3, -0.25) is 14.7 Å². The van der Waals surface area contributed by atoms with Gasteiger partial charge in [-0.05, 0) is 19.1 Å². The molecule has 2 aliphatic rings. The van der Waals surface area contributed by atoms with Crippen LogP contribution in [0.4, 0.5) is 0 Å². The SMILES string of the molecule is CCNC(=NCCN1CCN(C(C)=O)CC1)N1CCC(Oc2ccccc2)CC1. The fourth-order valence-corrected chi connectivity index (χ4v) is 3.89. The number of aliphatic imine (C=N–C) groups is 1. The number of carbonyl (C=O) groups is 1. The quantitative estimate of drug-likeness (QED) is 0.580. The molecule has 1 amide bonds. The van der Waals surface area contributed by atoms with Crippen molar-refractivity contribution in [3.05, 3.63) is 30.3 Å². The van der Waals surface area contributed by atoms with Crippen molar-refractivity contribution in [2.75, 3.05) is 58.9 Å². The molecule has 1 N–H and O–H groups in total. The molecule has 160 valence electrons. The molecule has 29 heavy (non-hydrogen) atoms. The van der Waals surface area contributed by atoms with Crippen molar-refractivity contribution in [2.24, 2.45) is 4.99 Å². The molecule has 0 aromatic heterocycles. The lowest BCUT2D eigenvalue weighted by atomic mass is 10.1. The lowest BCUT2D eigenvalue weighted by Gasteiger charge is -2.35. The number of hydrogen-bond donors (Lipinski definition) is 1. The second-order valence-electron chi connectivity index (χ2n) is 7.70. The molecule has 0 bridgehead atoms. The van der Waals surface area contributed by atoms with Gasteiger partial charge in [0.05, 0.1) is 6.54 Å². The highest BCUT2D eigenvalue weighted by molar-refractivity contribution is 5.80. The van der Waals surface area contributed by atoms with Gasteiger partial charge < -0.3 is 19.9 Å². The largest absolute Gasteiger partial charge is 0.490 e. The summed E-state index contributed by atoms with van der Waals surface area (Å²) in [4.78, 5) is 23.0. The molecule has 0 radical (unpaired) electrons. The maximum absolute atomic E-state index is 11.4. The number of amides is 1.